The van der Waals surface area contributed by atoms with Gasteiger partial charge in [0.05, 0.1) is 7.11 Å². The number of nitrogens with zero attached hydrogens (tertiary/aromatic N) is 1. The van der Waals surface area contributed by atoms with Crippen LogP contribution in [-0.2, 0) is 19.1 Å². The zero-order valence-electron chi connectivity index (χ0n) is 12.8. The minimum atomic E-state index is -1.34. The fourth-order valence-electron chi connectivity index (χ4n) is 1.46. The quantitative estimate of drug-likeness (QED) is 0.400. The Labute approximate surface area is 115 Å². The average Bonchev–Trinajstić information content (AvgIpc) is 2.34. The lowest BCUT2D eigenvalue weighted by molar-refractivity contribution is -0.158. The monoisotopic (exact) mass is 270 g/mol. The molecule has 1 N–H and O–H groups in total. The van der Waals surface area contributed by atoms with Crippen molar-refractivity contribution in [2.45, 2.75) is 33.2 Å². The Bertz CT molecular complexity index is 380. The lowest BCUT2D eigenvalue weighted by Crippen LogP contribution is -2.58. The summed E-state index contributed by atoms with van der Waals surface area (Å²) in [4.78, 5) is 37.3. The van der Waals surface area contributed by atoms with Crippen LogP contribution in [0.25, 0.3) is 0 Å². The molecule has 0 radical (unpaired) electrons. The molecule has 0 aliphatic rings. The van der Waals surface area contributed by atoms with Crippen molar-refractivity contribution >= 4 is 25.6 Å². The van der Waals surface area contributed by atoms with Crippen molar-refractivity contribution < 1.29 is 19.1 Å². The Morgan fingerprint density at radius 1 is 1.21 bits per heavy atom. The van der Waals surface area contributed by atoms with Gasteiger partial charge < -0.3 is 15.0 Å². The topological polar surface area (TPSA) is 75.7 Å². The maximum absolute atomic E-state index is 12.1. The molecular weight excluding hydrogens is 247 g/mol. The van der Waals surface area contributed by atoms with Crippen LogP contribution in [0.3, 0.4) is 0 Å². The summed E-state index contributed by atoms with van der Waals surface area (Å²) in [5.74, 6) is -1.40. The molecule has 6 nitrogen and oxygen atoms in total. The highest BCUT2D eigenvalue weighted by molar-refractivity contribution is 6.10. The second kappa shape index (κ2) is 6.08. The molecule has 0 bridgehead atoms. The highest BCUT2D eigenvalue weighted by atomic mass is 16.5. The van der Waals surface area contributed by atoms with E-state index in [0.717, 1.165) is 0 Å². The summed E-state index contributed by atoms with van der Waals surface area (Å²) >= 11 is 0. The number of esters is 1. The Kier molecular flexibility index (Phi) is 5.59. The average molecular weight is 270 g/mol. The molecule has 0 aromatic rings. The summed E-state index contributed by atoms with van der Waals surface area (Å²) in [6, 6.07) is 0. The smallest absolute Gasteiger partial charge is 0.320 e. The van der Waals surface area contributed by atoms with Crippen LogP contribution >= 0.6 is 0 Å². The molecule has 2 amide bonds. The van der Waals surface area contributed by atoms with E-state index in [1.807, 2.05) is 7.85 Å². The second-order valence-electron chi connectivity index (χ2n) is 5.52. The Morgan fingerprint density at radius 3 is 2.05 bits per heavy atom. The van der Waals surface area contributed by atoms with Gasteiger partial charge in [-0.25, -0.2) is 0 Å². The van der Waals surface area contributed by atoms with Gasteiger partial charge in [0.2, 0.25) is 11.8 Å². The van der Waals surface area contributed by atoms with Gasteiger partial charge in [0, 0.05) is 7.05 Å². The van der Waals surface area contributed by atoms with Crippen LogP contribution in [0, 0.1) is 5.41 Å². The number of nitrogens with one attached hydrogen (secondary N) is 1. The van der Waals surface area contributed by atoms with Crippen molar-refractivity contribution in [2.75, 3.05) is 20.6 Å². The SMILES string of the molecule is BCN(C)C(=O)C(C)(C)NC(=O)C(C)(C)C(=O)OC. The predicted molar refractivity (Wildman–Crippen MR) is 74.2 cm³/mol. The van der Waals surface area contributed by atoms with Gasteiger partial charge in [-0.3, -0.25) is 14.4 Å². The molecule has 0 aromatic carbocycles. The van der Waals surface area contributed by atoms with Gasteiger partial charge >= 0.3 is 5.97 Å². The van der Waals surface area contributed by atoms with E-state index in [-0.39, 0.29) is 5.91 Å². The van der Waals surface area contributed by atoms with E-state index < -0.39 is 22.8 Å². The maximum Gasteiger partial charge on any atom is 0.320 e. The maximum atomic E-state index is 12.1. The van der Waals surface area contributed by atoms with Crippen LogP contribution in [0.4, 0.5) is 0 Å². The van der Waals surface area contributed by atoms with Gasteiger partial charge in [-0.1, -0.05) is 0 Å². The van der Waals surface area contributed by atoms with Gasteiger partial charge in [0.1, 0.15) is 18.8 Å². The molecular formula is C12H23BN2O4. The fourth-order valence-corrected chi connectivity index (χ4v) is 1.46. The normalized spacial score (nSPS) is 11.7. The highest BCUT2D eigenvalue weighted by Crippen LogP contribution is 2.19. The third-order valence-electron chi connectivity index (χ3n) is 3.05. The number of hydrogen-bond acceptors (Lipinski definition) is 4. The number of carbonyl (C=O) groups excluding carboxylic acids is 3. The summed E-state index contributed by atoms with van der Waals surface area (Å²) in [6.45, 7) is 6.12. The van der Waals surface area contributed by atoms with Crippen LogP contribution in [0.5, 0.6) is 0 Å². The first-order chi connectivity index (χ1) is 8.50. The van der Waals surface area contributed by atoms with E-state index in [1.54, 1.807) is 20.9 Å². The zero-order valence-corrected chi connectivity index (χ0v) is 12.8. The first-order valence-electron chi connectivity index (χ1n) is 6.17. The Hall–Kier alpha value is -1.53. The van der Waals surface area contributed by atoms with E-state index >= 15 is 0 Å². The molecule has 0 atom stereocenters. The third kappa shape index (κ3) is 3.97. The summed E-state index contributed by atoms with van der Waals surface area (Å²) in [6.07, 6.45) is 0.540. The van der Waals surface area contributed by atoms with Crippen LogP contribution in [0.15, 0.2) is 0 Å². The summed E-state index contributed by atoms with van der Waals surface area (Å²) in [5.41, 5.74) is -2.41. The summed E-state index contributed by atoms with van der Waals surface area (Å²) < 4.78 is 4.58. The summed E-state index contributed by atoms with van der Waals surface area (Å²) in [7, 11) is 4.72. The minimum Gasteiger partial charge on any atom is -0.468 e. The van der Waals surface area contributed by atoms with Gasteiger partial charge in [-0.15, -0.1) is 0 Å². The van der Waals surface area contributed by atoms with Gasteiger partial charge in [-0.2, -0.15) is 0 Å². The van der Waals surface area contributed by atoms with E-state index in [0.29, 0.717) is 6.44 Å². The van der Waals surface area contributed by atoms with Gasteiger partial charge in [0.15, 0.2) is 0 Å². The van der Waals surface area contributed by atoms with Crippen LogP contribution in [-0.4, -0.2) is 56.7 Å². The lowest BCUT2D eigenvalue weighted by atomic mass is 9.90. The molecule has 0 saturated carbocycles. The van der Waals surface area contributed by atoms with Gasteiger partial charge in [0.25, 0.3) is 0 Å². The molecule has 7 heteroatoms. The standard InChI is InChI=1S/C12H23BN2O4/c1-11(2,10(18)19-6)8(16)14-12(3,4)9(17)15(5)7-13/h7,13H2,1-6H3,(H,14,16). The van der Waals surface area contributed by atoms with Crippen LogP contribution in [0.2, 0.25) is 0 Å². The molecule has 0 aliphatic heterocycles. The van der Waals surface area contributed by atoms with Gasteiger partial charge in [-0.05, 0) is 34.1 Å². The molecule has 0 saturated heterocycles. The predicted octanol–water partition coefficient (Wildman–Crippen LogP) is -0.871. The van der Waals surface area contributed by atoms with E-state index in [1.165, 1.54) is 25.9 Å². The minimum absolute atomic E-state index is 0.219. The number of rotatable bonds is 5. The largest absolute Gasteiger partial charge is 0.468 e. The molecule has 0 heterocycles. The van der Waals surface area contributed by atoms with E-state index in [9.17, 15) is 14.4 Å². The van der Waals surface area contributed by atoms with E-state index in [2.05, 4.69) is 10.1 Å². The van der Waals surface area contributed by atoms with Crippen LogP contribution < -0.4 is 5.32 Å². The lowest BCUT2D eigenvalue weighted by Gasteiger charge is -2.32. The molecule has 0 unspecified atom stereocenters. The summed E-state index contributed by atoms with van der Waals surface area (Å²) in [5, 5.41) is 2.60. The fraction of sp³-hybridized carbons (Fsp3) is 0.750. The van der Waals surface area contributed by atoms with Crippen molar-refractivity contribution in [2.24, 2.45) is 5.41 Å². The molecule has 0 rings (SSSR count). The Balaban J connectivity index is 4.99. The van der Waals surface area contributed by atoms with E-state index in [4.69, 9.17) is 0 Å². The van der Waals surface area contributed by atoms with Crippen molar-refractivity contribution in [1.82, 2.24) is 10.2 Å². The number of amides is 2. The molecule has 108 valence electrons. The van der Waals surface area contributed by atoms with Crippen molar-refractivity contribution in [3.63, 3.8) is 0 Å². The number of hydrogen-bond donors (Lipinski definition) is 1. The van der Waals surface area contributed by atoms with Crippen molar-refractivity contribution in [3.05, 3.63) is 0 Å². The molecule has 0 fully saturated rings. The first-order valence-corrected chi connectivity index (χ1v) is 6.17. The van der Waals surface area contributed by atoms with Crippen molar-refractivity contribution in [3.8, 4) is 0 Å². The number of ether oxygens (including phenoxy) is 1. The second-order valence-corrected chi connectivity index (χ2v) is 5.52. The highest BCUT2D eigenvalue weighted by Gasteiger charge is 2.41. The number of methoxy groups -OCH3 is 1. The molecule has 0 spiro atoms. The molecule has 0 aromatic heterocycles. The first kappa shape index (κ1) is 17.5. The van der Waals surface area contributed by atoms with Crippen molar-refractivity contribution in [1.29, 1.82) is 0 Å². The zero-order chi connectivity index (χ0) is 15.4. The molecule has 19 heavy (non-hydrogen) atoms. The Morgan fingerprint density at radius 2 is 1.68 bits per heavy atom. The number of carbonyl (C=O) groups is 3. The molecule has 0 aliphatic carbocycles. The number of likely N-dealkylation sites (N-methyl/N-ethyl adjacent to an activating group) is 1. The van der Waals surface area contributed by atoms with Crippen LogP contribution in [0.1, 0.15) is 27.7 Å². The third-order valence-corrected chi connectivity index (χ3v) is 3.05.